The molecule has 16 heavy (non-hydrogen) atoms. The molecule has 0 aliphatic rings. The molecule has 0 saturated carbocycles. The molecule has 0 aliphatic carbocycles. The van der Waals surface area contributed by atoms with E-state index in [1.54, 1.807) is 23.9 Å². The molecule has 0 N–H and O–H groups in total. The Bertz CT molecular complexity index is 604. The van der Waals surface area contributed by atoms with Crippen molar-refractivity contribution in [3.8, 4) is 5.95 Å². The van der Waals surface area contributed by atoms with Crippen LogP contribution in [0.15, 0.2) is 29.8 Å². The normalized spacial score (nSPS) is 11.6. The Kier molecular flexibility index (Phi) is 2.47. The first kappa shape index (κ1) is 10.7. The Morgan fingerprint density at radius 1 is 1.31 bits per heavy atom. The number of rotatable bonds is 2. The Morgan fingerprint density at radius 2 is 2.06 bits per heavy atom. The topological polar surface area (TPSA) is 77.7 Å². The summed E-state index contributed by atoms with van der Waals surface area (Å²) in [6.45, 7) is 1.72. The van der Waals surface area contributed by atoms with E-state index in [1.165, 1.54) is 12.4 Å². The summed E-state index contributed by atoms with van der Waals surface area (Å²) in [5.41, 5.74) is 0.596. The lowest BCUT2D eigenvalue weighted by atomic mass is 10.5. The van der Waals surface area contributed by atoms with Gasteiger partial charge in [-0.2, -0.15) is 0 Å². The minimum atomic E-state index is -3.32. The summed E-state index contributed by atoms with van der Waals surface area (Å²) in [7, 11) is -3.32. The third-order valence-corrected chi connectivity index (χ3v) is 2.90. The molecule has 2 rings (SSSR count). The first-order valence-electron chi connectivity index (χ1n) is 4.51. The Hall–Kier alpha value is -1.76. The maximum absolute atomic E-state index is 11.4. The molecule has 0 bridgehead atoms. The van der Waals surface area contributed by atoms with Gasteiger partial charge in [-0.3, -0.25) is 4.57 Å². The van der Waals surface area contributed by atoms with Gasteiger partial charge in [-0.25, -0.2) is 23.4 Å². The lowest BCUT2D eigenvalue weighted by Crippen LogP contribution is -2.07. The van der Waals surface area contributed by atoms with Gasteiger partial charge in [0.25, 0.3) is 0 Å². The van der Waals surface area contributed by atoms with Crippen molar-refractivity contribution < 1.29 is 8.42 Å². The van der Waals surface area contributed by atoms with Crippen LogP contribution in [-0.4, -0.2) is 34.2 Å². The highest BCUT2D eigenvalue weighted by atomic mass is 32.2. The molecule has 0 unspecified atom stereocenters. The average Bonchev–Trinajstić information content (AvgIpc) is 2.68. The van der Waals surface area contributed by atoms with E-state index in [9.17, 15) is 8.42 Å². The van der Waals surface area contributed by atoms with Crippen molar-refractivity contribution in [1.29, 1.82) is 0 Å². The minimum absolute atomic E-state index is 0.0173. The number of sulfone groups is 1. The summed E-state index contributed by atoms with van der Waals surface area (Å²) in [6.07, 6.45) is 5.86. The molecule has 84 valence electrons. The molecule has 2 aromatic rings. The largest absolute Gasteiger partial charge is 0.274 e. The SMILES string of the molecule is Cc1cc(S(C)(=O)=O)nc(-n2ccnc2)n1. The summed E-state index contributed by atoms with van der Waals surface area (Å²) in [4.78, 5) is 12.0. The van der Waals surface area contributed by atoms with Crippen LogP contribution >= 0.6 is 0 Å². The van der Waals surface area contributed by atoms with Crippen LogP contribution in [0.5, 0.6) is 0 Å². The van der Waals surface area contributed by atoms with Crippen molar-refractivity contribution in [2.45, 2.75) is 11.9 Å². The second kappa shape index (κ2) is 3.67. The van der Waals surface area contributed by atoms with Crippen molar-refractivity contribution >= 4 is 9.84 Å². The number of aryl methyl sites for hydroxylation is 1. The zero-order chi connectivity index (χ0) is 11.8. The average molecular weight is 238 g/mol. The van der Waals surface area contributed by atoms with Crippen molar-refractivity contribution in [2.75, 3.05) is 6.26 Å². The molecule has 0 amide bonds. The number of hydrogen-bond acceptors (Lipinski definition) is 5. The van der Waals surface area contributed by atoms with Crippen molar-refractivity contribution in [2.24, 2.45) is 0 Å². The van der Waals surface area contributed by atoms with Crippen LogP contribution in [0.2, 0.25) is 0 Å². The molecule has 2 aromatic heterocycles. The molecule has 0 fully saturated rings. The molecule has 7 heteroatoms. The van der Waals surface area contributed by atoms with Gasteiger partial charge >= 0.3 is 0 Å². The molecule has 2 heterocycles. The van der Waals surface area contributed by atoms with Crippen molar-refractivity contribution in [1.82, 2.24) is 19.5 Å². The van der Waals surface area contributed by atoms with E-state index in [1.807, 2.05) is 0 Å². The first-order valence-corrected chi connectivity index (χ1v) is 6.40. The predicted octanol–water partition coefficient (Wildman–Crippen LogP) is 0.374. The zero-order valence-electron chi connectivity index (χ0n) is 8.82. The molecule has 0 aliphatic heterocycles. The molecule has 0 radical (unpaired) electrons. The van der Waals surface area contributed by atoms with Gasteiger partial charge in [-0.1, -0.05) is 0 Å². The molecule has 6 nitrogen and oxygen atoms in total. The fraction of sp³-hybridized carbons (Fsp3) is 0.222. The number of imidazole rings is 1. The standard InChI is InChI=1S/C9H10N4O2S/c1-7-5-8(16(2,14)15)12-9(11-7)13-4-3-10-6-13/h3-6H,1-2H3. The highest BCUT2D eigenvalue weighted by Gasteiger charge is 2.12. The monoisotopic (exact) mass is 238 g/mol. The van der Waals surface area contributed by atoms with Gasteiger partial charge in [0.1, 0.15) is 6.33 Å². The van der Waals surface area contributed by atoms with Gasteiger partial charge in [-0.15, -0.1) is 0 Å². The molecule has 0 spiro atoms. The van der Waals surface area contributed by atoms with E-state index >= 15 is 0 Å². The van der Waals surface area contributed by atoms with Gasteiger partial charge < -0.3 is 0 Å². The zero-order valence-corrected chi connectivity index (χ0v) is 9.64. The highest BCUT2D eigenvalue weighted by molar-refractivity contribution is 7.90. The lowest BCUT2D eigenvalue weighted by molar-refractivity contribution is 0.597. The third kappa shape index (κ3) is 2.08. The van der Waals surface area contributed by atoms with Gasteiger partial charge in [0.2, 0.25) is 5.95 Å². The van der Waals surface area contributed by atoms with Crippen molar-refractivity contribution in [3.05, 3.63) is 30.5 Å². The van der Waals surface area contributed by atoms with E-state index in [0.717, 1.165) is 6.26 Å². The van der Waals surface area contributed by atoms with Crippen molar-refractivity contribution in [3.63, 3.8) is 0 Å². The highest BCUT2D eigenvalue weighted by Crippen LogP contribution is 2.09. The van der Waals surface area contributed by atoms with Crippen LogP contribution in [0, 0.1) is 6.92 Å². The molecular weight excluding hydrogens is 228 g/mol. The summed E-state index contributed by atoms with van der Waals surface area (Å²) in [6, 6.07) is 1.44. The van der Waals surface area contributed by atoms with Crippen LogP contribution < -0.4 is 0 Å². The van der Waals surface area contributed by atoms with Gasteiger partial charge in [0.15, 0.2) is 14.9 Å². The van der Waals surface area contributed by atoms with Crippen LogP contribution in [0.4, 0.5) is 0 Å². The summed E-state index contributed by atoms with van der Waals surface area (Å²) >= 11 is 0. The van der Waals surface area contributed by atoms with E-state index < -0.39 is 9.84 Å². The Morgan fingerprint density at radius 3 is 2.62 bits per heavy atom. The maximum Gasteiger partial charge on any atom is 0.236 e. The number of aromatic nitrogens is 4. The van der Waals surface area contributed by atoms with Gasteiger partial charge in [0.05, 0.1) is 0 Å². The summed E-state index contributed by atoms with van der Waals surface area (Å²) in [5.74, 6) is 0.304. The fourth-order valence-corrected chi connectivity index (χ4v) is 1.84. The van der Waals surface area contributed by atoms with Crippen LogP contribution in [-0.2, 0) is 9.84 Å². The van der Waals surface area contributed by atoms with Gasteiger partial charge in [-0.05, 0) is 13.0 Å². The maximum atomic E-state index is 11.4. The Labute approximate surface area is 92.9 Å². The number of nitrogens with zero attached hydrogens (tertiary/aromatic N) is 4. The smallest absolute Gasteiger partial charge is 0.236 e. The van der Waals surface area contributed by atoms with Gasteiger partial charge in [0, 0.05) is 24.3 Å². The van der Waals surface area contributed by atoms with Crippen LogP contribution in [0.1, 0.15) is 5.69 Å². The molecule has 0 saturated heterocycles. The van der Waals surface area contributed by atoms with E-state index in [0.29, 0.717) is 11.6 Å². The van der Waals surface area contributed by atoms with E-state index in [-0.39, 0.29) is 5.03 Å². The second-order valence-corrected chi connectivity index (χ2v) is 5.35. The van der Waals surface area contributed by atoms with Crippen LogP contribution in [0.25, 0.3) is 5.95 Å². The summed E-state index contributed by atoms with van der Waals surface area (Å²) in [5, 5.41) is 0.0173. The molecule has 0 aromatic carbocycles. The number of hydrogen-bond donors (Lipinski definition) is 0. The molecule has 0 atom stereocenters. The summed E-state index contributed by atoms with van der Waals surface area (Å²) < 4.78 is 24.3. The van der Waals surface area contributed by atoms with E-state index in [2.05, 4.69) is 15.0 Å². The predicted molar refractivity (Wildman–Crippen MR) is 57.0 cm³/mol. The third-order valence-electron chi connectivity index (χ3n) is 1.93. The minimum Gasteiger partial charge on any atom is -0.274 e. The Balaban J connectivity index is 2.62. The molecular formula is C9H10N4O2S. The quantitative estimate of drug-likeness (QED) is 0.706. The fourth-order valence-electron chi connectivity index (χ4n) is 1.21. The lowest BCUT2D eigenvalue weighted by Gasteiger charge is -2.04. The first-order chi connectivity index (χ1) is 7.47. The van der Waals surface area contributed by atoms with Crippen LogP contribution in [0.3, 0.4) is 0 Å². The van der Waals surface area contributed by atoms with E-state index in [4.69, 9.17) is 0 Å². The second-order valence-electron chi connectivity index (χ2n) is 3.39.